The fraction of sp³-hybridized carbons (Fsp3) is 0. The molecule has 0 amide bonds. The third-order valence-corrected chi connectivity index (χ3v) is 13.5. The van der Waals surface area contributed by atoms with E-state index in [1.165, 1.54) is 65.5 Å². The third-order valence-electron chi connectivity index (χ3n) is 13.5. The first kappa shape index (κ1) is 35.0. The summed E-state index contributed by atoms with van der Waals surface area (Å²) in [6, 6.07) is 81.3. The fourth-order valence-electron chi connectivity index (χ4n) is 10.8. The van der Waals surface area contributed by atoms with Crippen LogP contribution in [0.4, 0.5) is 0 Å². The summed E-state index contributed by atoms with van der Waals surface area (Å²) in [5, 5.41) is 9.58. The average molecular weight is 816 g/mol. The lowest BCUT2D eigenvalue weighted by atomic mass is 9.93. The van der Waals surface area contributed by atoms with Crippen LogP contribution < -0.4 is 0 Å². The van der Waals surface area contributed by atoms with E-state index in [0.717, 1.165) is 61.2 Å². The first-order chi connectivity index (χ1) is 31.8. The normalized spacial score (nSPS) is 12.1. The molecule has 0 saturated carbocycles. The molecule has 0 bridgehead atoms. The van der Waals surface area contributed by atoms with Crippen LogP contribution in [0.5, 0.6) is 0 Å². The van der Waals surface area contributed by atoms with E-state index in [1.54, 1.807) is 0 Å². The van der Waals surface area contributed by atoms with Crippen molar-refractivity contribution in [3.63, 3.8) is 0 Å². The third kappa shape index (κ3) is 4.93. The molecule has 0 unspecified atom stereocenters. The number of para-hydroxylation sites is 5. The molecule has 64 heavy (non-hydrogen) atoms. The number of hydrogen-bond donors (Lipinski definition) is 0. The van der Waals surface area contributed by atoms with Crippen molar-refractivity contribution in [3.8, 4) is 39.3 Å². The molecular formula is C60H37N3O. The maximum atomic E-state index is 6.90. The van der Waals surface area contributed by atoms with E-state index < -0.39 is 0 Å². The van der Waals surface area contributed by atoms with Crippen LogP contribution in [0.2, 0.25) is 0 Å². The van der Waals surface area contributed by atoms with Gasteiger partial charge in [-0.15, -0.1) is 0 Å². The van der Waals surface area contributed by atoms with Gasteiger partial charge < -0.3 is 18.1 Å². The van der Waals surface area contributed by atoms with Gasteiger partial charge in [-0.1, -0.05) is 152 Å². The number of fused-ring (bicyclic) bond motifs is 12. The minimum atomic E-state index is 0.866. The van der Waals surface area contributed by atoms with Crippen molar-refractivity contribution in [2.45, 2.75) is 0 Å². The van der Waals surface area contributed by atoms with E-state index in [1.807, 2.05) is 0 Å². The van der Waals surface area contributed by atoms with Crippen LogP contribution in [0.25, 0.3) is 127 Å². The summed E-state index contributed by atoms with van der Waals surface area (Å²) >= 11 is 0. The molecule has 0 atom stereocenters. The lowest BCUT2D eigenvalue weighted by Gasteiger charge is -2.12. The van der Waals surface area contributed by atoms with Gasteiger partial charge in [0.25, 0.3) is 0 Å². The van der Waals surface area contributed by atoms with Crippen LogP contribution in [0.15, 0.2) is 229 Å². The first-order valence-electron chi connectivity index (χ1n) is 21.9. The molecule has 10 aromatic carbocycles. The number of aromatic nitrogens is 3. The van der Waals surface area contributed by atoms with Gasteiger partial charge >= 0.3 is 0 Å². The molecule has 0 radical (unpaired) electrons. The van der Waals surface area contributed by atoms with Crippen molar-refractivity contribution in [1.82, 2.24) is 13.7 Å². The molecule has 0 aliphatic heterocycles. The summed E-state index contributed by atoms with van der Waals surface area (Å²) in [7, 11) is 0. The van der Waals surface area contributed by atoms with Crippen LogP contribution in [0.1, 0.15) is 0 Å². The van der Waals surface area contributed by atoms with Gasteiger partial charge in [-0.2, -0.15) is 0 Å². The Kier molecular flexibility index (Phi) is 7.36. The number of benzene rings is 10. The van der Waals surface area contributed by atoms with Crippen molar-refractivity contribution in [2.75, 3.05) is 0 Å². The Balaban J connectivity index is 0.965. The maximum absolute atomic E-state index is 6.90. The zero-order chi connectivity index (χ0) is 41.9. The van der Waals surface area contributed by atoms with E-state index in [0.29, 0.717) is 0 Å². The highest BCUT2D eigenvalue weighted by atomic mass is 16.3. The minimum Gasteiger partial charge on any atom is -0.455 e. The lowest BCUT2D eigenvalue weighted by molar-refractivity contribution is 0.670. The Morgan fingerprint density at radius 3 is 1.33 bits per heavy atom. The molecule has 4 heteroatoms. The molecule has 4 aromatic heterocycles. The van der Waals surface area contributed by atoms with Gasteiger partial charge in [0, 0.05) is 54.6 Å². The highest BCUT2D eigenvalue weighted by Crippen LogP contribution is 2.44. The van der Waals surface area contributed by atoms with Gasteiger partial charge in [0.1, 0.15) is 11.2 Å². The summed E-state index contributed by atoms with van der Waals surface area (Å²) in [5.41, 5.74) is 16.8. The fourth-order valence-corrected chi connectivity index (χ4v) is 10.8. The van der Waals surface area contributed by atoms with Crippen molar-refractivity contribution < 1.29 is 4.42 Å². The highest BCUT2D eigenvalue weighted by molar-refractivity contribution is 6.18. The zero-order valence-electron chi connectivity index (χ0n) is 34.6. The Bertz CT molecular complexity index is 4140. The molecule has 14 rings (SSSR count). The topological polar surface area (TPSA) is 27.9 Å². The van der Waals surface area contributed by atoms with Gasteiger partial charge in [0.05, 0.1) is 44.2 Å². The Morgan fingerprint density at radius 1 is 0.281 bits per heavy atom. The van der Waals surface area contributed by atoms with Crippen LogP contribution in [0.3, 0.4) is 0 Å². The molecule has 0 spiro atoms. The SMILES string of the molecule is c1ccc(-c2ccccc2-c2cccc3c2oc2cccc(-n4c5ccccc5c5cc(-n6c7ccccc7c7cc(-n8c9ccccc9c9ccccc98)ccc76)ccc54)c23)cc1. The average Bonchev–Trinajstić information content (AvgIpc) is 4.10. The van der Waals surface area contributed by atoms with Gasteiger partial charge in [-0.05, 0) is 89.5 Å². The second-order valence-electron chi connectivity index (χ2n) is 16.8. The summed E-state index contributed by atoms with van der Waals surface area (Å²) in [6.07, 6.45) is 0. The van der Waals surface area contributed by atoms with Crippen molar-refractivity contribution in [1.29, 1.82) is 0 Å². The summed E-state index contributed by atoms with van der Waals surface area (Å²) in [4.78, 5) is 0. The second kappa shape index (κ2) is 13.4. The summed E-state index contributed by atoms with van der Waals surface area (Å²) in [5.74, 6) is 0. The number of nitrogens with zero attached hydrogens (tertiary/aromatic N) is 3. The summed E-state index contributed by atoms with van der Waals surface area (Å²) < 4.78 is 14.2. The molecule has 0 aliphatic rings. The number of rotatable bonds is 5. The smallest absolute Gasteiger partial charge is 0.143 e. The van der Waals surface area contributed by atoms with Crippen LogP contribution >= 0.6 is 0 Å². The highest BCUT2D eigenvalue weighted by Gasteiger charge is 2.22. The van der Waals surface area contributed by atoms with E-state index >= 15 is 0 Å². The van der Waals surface area contributed by atoms with E-state index in [2.05, 4.69) is 238 Å². The van der Waals surface area contributed by atoms with E-state index in [-0.39, 0.29) is 0 Å². The lowest BCUT2D eigenvalue weighted by Crippen LogP contribution is -1.97. The number of hydrogen-bond acceptors (Lipinski definition) is 1. The van der Waals surface area contributed by atoms with Crippen LogP contribution in [-0.4, -0.2) is 13.7 Å². The Labute approximate surface area is 367 Å². The molecule has 0 saturated heterocycles. The van der Waals surface area contributed by atoms with Crippen molar-refractivity contribution in [3.05, 3.63) is 224 Å². The van der Waals surface area contributed by atoms with E-state index in [9.17, 15) is 0 Å². The van der Waals surface area contributed by atoms with Crippen LogP contribution in [-0.2, 0) is 0 Å². The maximum Gasteiger partial charge on any atom is 0.143 e. The van der Waals surface area contributed by atoms with Crippen molar-refractivity contribution in [2.24, 2.45) is 0 Å². The monoisotopic (exact) mass is 815 g/mol. The first-order valence-corrected chi connectivity index (χ1v) is 21.9. The molecule has 298 valence electrons. The van der Waals surface area contributed by atoms with Crippen LogP contribution in [0, 0.1) is 0 Å². The predicted molar refractivity (Wildman–Crippen MR) is 268 cm³/mol. The molecule has 4 nitrogen and oxygen atoms in total. The van der Waals surface area contributed by atoms with Gasteiger partial charge in [0.15, 0.2) is 0 Å². The molecule has 0 fully saturated rings. The molecule has 4 heterocycles. The van der Waals surface area contributed by atoms with Gasteiger partial charge in [-0.25, -0.2) is 0 Å². The standard InChI is InChI=1S/C60H37N3O/c1-2-16-38(17-3-1)41-18-4-5-19-42(41)47-24-14-25-48-59-57(30-15-31-58(59)64-60(47)48)63-54-29-13-9-23-46(54)50-37-40(33-35-56(50)63)62-53-28-12-8-22-45(53)49-36-39(32-34-55(49)62)61-51-26-10-6-20-43(51)44-21-7-11-27-52(44)61/h1-37H. The Hall–Kier alpha value is -8.60. The second-order valence-corrected chi connectivity index (χ2v) is 16.8. The molecule has 14 aromatic rings. The van der Waals surface area contributed by atoms with Gasteiger partial charge in [0.2, 0.25) is 0 Å². The summed E-state index contributed by atoms with van der Waals surface area (Å²) in [6.45, 7) is 0. The van der Waals surface area contributed by atoms with E-state index in [4.69, 9.17) is 4.42 Å². The molecular weight excluding hydrogens is 779 g/mol. The molecule has 0 aliphatic carbocycles. The molecule has 0 N–H and O–H groups in total. The van der Waals surface area contributed by atoms with Crippen molar-refractivity contribution >= 4 is 87.4 Å². The minimum absolute atomic E-state index is 0.866. The largest absolute Gasteiger partial charge is 0.455 e. The number of furan rings is 1. The Morgan fingerprint density at radius 2 is 0.719 bits per heavy atom. The predicted octanol–water partition coefficient (Wildman–Crippen LogP) is 16.2. The quantitative estimate of drug-likeness (QED) is 0.170. The van der Waals surface area contributed by atoms with Gasteiger partial charge in [-0.3, -0.25) is 0 Å². The zero-order valence-corrected chi connectivity index (χ0v) is 34.6.